The Hall–Kier alpha value is -1.69. The van der Waals surface area contributed by atoms with Crippen molar-refractivity contribution >= 4 is 0 Å². The fraction of sp³-hybridized carbons (Fsp3) is 0.500. The Labute approximate surface area is 92.8 Å². The summed E-state index contributed by atoms with van der Waals surface area (Å²) >= 11 is 0. The molecule has 0 aliphatic rings. The van der Waals surface area contributed by atoms with Crippen LogP contribution in [0.15, 0.2) is 15.2 Å². The molecule has 0 fully saturated rings. The first kappa shape index (κ1) is 10.8. The average Bonchev–Trinajstić information content (AvgIpc) is 2.86. The Morgan fingerprint density at radius 1 is 1.44 bits per heavy atom. The van der Waals surface area contributed by atoms with Crippen LogP contribution in [0.25, 0.3) is 11.5 Å². The molecule has 2 aromatic heterocycles. The van der Waals surface area contributed by atoms with Crippen LogP contribution in [0.1, 0.15) is 37.4 Å². The van der Waals surface area contributed by atoms with E-state index in [1.165, 1.54) is 0 Å². The predicted molar refractivity (Wildman–Crippen MR) is 56.4 cm³/mol. The van der Waals surface area contributed by atoms with E-state index in [4.69, 9.17) is 14.8 Å². The van der Waals surface area contributed by atoms with Crippen LogP contribution in [-0.4, -0.2) is 15.3 Å². The third-order valence-electron chi connectivity index (χ3n) is 2.35. The van der Waals surface area contributed by atoms with Crippen LogP contribution in [0.4, 0.5) is 0 Å². The van der Waals surface area contributed by atoms with Gasteiger partial charge in [-0.1, -0.05) is 23.7 Å². The molecule has 86 valence electrons. The van der Waals surface area contributed by atoms with Crippen LogP contribution >= 0.6 is 0 Å². The van der Waals surface area contributed by atoms with Crippen molar-refractivity contribution in [3.05, 3.63) is 17.8 Å². The first-order valence-electron chi connectivity index (χ1n) is 5.23. The summed E-state index contributed by atoms with van der Waals surface area (Å²) in [4.78, 5) is 4.23. The molecule has 1 atom stereocenters. The van der Waals surface area contributed by atoms with Gasteiger partial charge in [0.15, 0.2) is 5.82 Å². The van der Waals surface area contributed by atoms with Crippen molar-refractivity contribution in [2.24, 2.45) is 5.73 Å². The fourth-order valence-corrected chi connectivity index (χ4v) is 1.44. The lowest BCUT2D eigenvalue weighted by Gasteiger charge is -2.02. The standard InChI is InChI=1S/C10H14N4O2/c1-3-4-8(11)9-13-10(16-14-9)7-5-12-15-6(7)2/h5,8H,3-4,11H2,1-2H3. The van der Waals surface area contributed by atoms with Gasteiger partial charge in [-0.3, -0.25) is 0 Å². The molecule has 6 nitrogen and oxygen atoms in total. The van der Waals surface area contributed by atoms with E-state index >= 15 is 0 Å². The molecule has 2 aromatic rings. The minimum atomic E-state index is -0.178. The van der Waals surface area contributed by atoms with Crippen LogP contribution < -0.4 is 5.73 Å². The molecule has 1 unspecified atom stereocenters. The normalized spacial score (nSPS) is 12.9. The molecule has 0 aromatic carbocycles. The van der Waals surface area contributed by atoms with E-state index in [0.717, 1.165) is 12.8 Å². The van der Waals surface area contributed by atoms with Crippen LogP contribution in [-0.2, 0) is 0 Å². The van der Waals surface area contributed by atoms with E-state index in [2.05, 4.69) is 22.2 Å². The highest BCUT2D eigenvalue weighted by atomic mass is 16.5. The number of nitrogens with two attached hydrogens (primary N) is 1. The van der Waals surface area contributed by atoms with Crippen molar-refractivity contribution in [3.8, 4) is 11.5 Å². The minimum absolute atomic E-state index is 0.178. The first-order valence-corrected chi connectivity index (χ1v) is 5.23. The van der Waals surface area contributed by atoms with Crippen molar-refractivity contribution in [3.63, 3.8) is 0 Å². The molecule has 0 saturated carbocycles. The van der Waals surface area contributed by atoms with Gasteiger partial charge in [0.25, 0.3) is 5.89 Å². The van der Waals surface area contributed by atoms with Gasteiger partial charge in [0.05, 0.1) is 12.2 Å². The highest BCUT2D eigenvalue weighted by Gasteiger charge is 2.17. The second-order valence-electron chi connectivity index (χ2n) is 3.65. The van der Waals surface area contributed by atoms with Gasteiger partial charge in [0.1, 0.15) is 11.3 Å². The molecule has 0 bridgehead atoms. The monoisotopic (exact) mass is 222 g/mol. The lowest BCUT2D eigenvalue weighted by Crippen LogP contribution is -2.11. The summed E-state index contributed by atoms with van der Waals surface area (Å²) in [5.74, 6) is 1.58. The number of aromatic nitrogens is 3. The number of hydrogen-bond acceptors (Lipinski definition) is 6. The van der Waals surface area contributed by atoms with Crippen molar-refractivity contribution in [1.82, 2.24) is 15.3 Å². The molecule has 2 N–H and O–H groups in total. The molecule has 0 saturated heterocycles. The van der Waals surface area contributed by atoms with Crippen LogP contribution in [0, 0.1) is 6.92 Å². The predicted octanol–water partition coefficient (Wildman–Crippen LogP) is 1.83. The van der Waals surface area contributed by atoms with Crippen LogP contribution in [0.2, 0.25) is 0 Å². The van der Waals surface area contributed by atoms with E-state index < -0.39 is 0 Å². The Morgan fingerprint density at radius 2 is 2.25 bits per heavy atom. The zero-order valence-electron chi connectivity index (χ0n) is 9.30. The molecule has 0 spiro atoms. The topological polar surface area (TPSA) is 91.0 Å². The number of hydrogen-bond donors (Lipinski definition) is 1. The smallest absolute Gasteiger partial charge is 0.263 e. The van der Waals surface area contributed by atoms with Crippen molar-refractivity contribution in [2.75, 3.05) is 0 Å². The van der Waals surface area contributed by atoms with Gasteiger partial charge in [-0.15, -0.1) is 0 Å². The van der Waals surface area contributed by atoms with Gasteiger partial charge in [0.2, 0.25) is 0 Å². The van der Waals surface area contributed by atoms with E-state index in [0.29, 0.717) is 23.0 Å². The van der Waals surface area contributed by atoms with Crippen LogP contribution in [0.5, 0.6) is 0 Å². The Kier molecular flexibility index (Phi) is 3.00. The van der Waals surface area contributed by atoms with Gasteiger partial charge >= 0.3 is 0 Å². The van der Waals surface area contributed by atoms with E-state index in [-0.39, 0.29) is 6.04 Å². The second kappa shape index (κ2) is 4.44. The summed E-state index contributed by atoms with van der Waals surface area (Å²) in [5.41, 5.74) is 6.60. The summed E-state index contributed by atoms with van der Waals surface area (Å²) in [6.45, 7) is 3.85. The van der Waals surface area contributed by atoms with Crippen molar-refractivity contribution in [2.45, 2.75) is 32.7 Å². The molecule has 0 amide bonds. The highest BCUT2D eigenvalue weighted by molar-refractivity contribution is 5.53. The molecule has 16 heavy (non-hydrogen) atoms. The molecule has 0 aliphatic heterocycles. The molecular weight excluding hydrogens is 208 g/mol. The number of nitrogens with zero attached hydrogens (tertiary/aromatic N) is 3. The zero-order chi connectivity index (χ0) is 11.5. The van der Waals surface area contributed by atoms with Gasteiger partial charge in [-0.05, 0) is 13.3 Å². The summed E-state index contributed by atoms with van der Waals surface area (Å²) in [5, 5.41) is 7.51. The summed E-state index contributed by atoms with van der Waals surface area (Å²) in [6.07, 6.45) is 3.37. The van der Waals surface area contributed by atoms with E-state index in [1.54, 1.807) is 13.1 Å². The Morgan fingerprint density at radius 3 is 2.88 bits per heavy atom. The number of rotatable bonds is 4. The lowest BCUT2D eigenvalue weighted by molar-refractivity contribution is 0.394. The Balaban J connectivity index is 2.23. The van der Waals surface area contributed by atoms with E-state index in [9.17, 15) is 0 Å². The lowest BCUT2D eigenvalue weighted by atomic mass is 10.2. The summed E-state index contributed by atoms with van der Waals surface area (Å²) < 4.78 is 10.0. The first-order chi connectivity index (χ1) is 7.72. The van der Waals surface area contributed by atoms with Crippen molar-refractivity contribution in [1.29, 1.82) is 0 Å². The summed E-state index contributed by atoms with van der Waals surface area (Å²) in [6, 6.07) is -0.178. The van der Waals surface area contributed by atoms with Gasteiger partial charge in [0, 0.05) is 0 Å². The fourth-order valence-electron chi connectivity index (χ4n) is 1.44. The number of aryl methyl sites for hydroxylation is 1. The van der Waals surface area contributed by atoms with Gasteiger partial charge < -0.3 is 14.8 Å². The van der Waals surface area contributed by atoms with Gasteiger partial charge in [-0.2, -0.15) is 4.98 Å². The molecule has 0 aliphatic carbocycles. The third-order valence-corrected chi connectivity index (χ3v) is 2.35. The molecular formula is C10H14N4O2. The molecule has 6 heteroatoms. The maximum atomic E-state index is 5.89. The Bertz CT molecular complexity index is 463. The SMILES string of the molecule is CCCC(N)c1noc(-c2cnoc2C)n1. The maximum absolute atomic E-state index is 5.89. The third kappa shape index (κ3) is 1.96. The van der Waals surface area contributed by atoms with Crippen molar-refractivity contribution < 1.29 is 9.05 Å². The molecule has 2 rings (SSSR count). The molecule has 2 heterocycles. The van der Waals surface area contributed by atoms with Gasteiger partial charge in [-0.25, -0.2) is 0 Å². The summed E-state index contributed by atoms with van der Waals surface area (Å²) in [7, 11) is 0. The largest absolute Gasteiger partial charge is 0.361 e. The minimum Gasteiger partial charge on any atom is -0.361 e. The second-order valence-corrected chi connectivity index (χ2v) is 3.65. The zero-order valence-corrected chi connectivity index (χ0v) is 9.30. The van der Waals surface area contributed by atoms with Crippen LogP contribution in [0.3, 0.4) is 0 Å². The maximum Gasteiger partial charge on any atom is 0.263 e. The average molecular weight is 222 g/mol. The highest BCUT2D eigenvalue weighted by Crippen LogP contribution is 2.22. The van der Waals surface area contributed by atoms with E-state index in [1.807, 2.05) is 0 Å². The quantitative estimate of drug-likeness (QED) is 0.848. The molecule has 0 radical (unpaired) electrons.